The highest BCUT2D eigenvalue weighted by molar-refractivity contribution is 6.33. The molecule has 3 aromatic rings. The maximum absolute atomic E-state index is 15.2. The Kier molecular flexibility index (Phi) is 5.57. The van der Waals surface area contributed by atoms with Gasteiger partial charge in [-0.25, -0.2) is 19.3 Å². The standard InChI is InChI=1S/C24H24ClFN6O3/c25-16-10-18(17(26)9-15(16)20-11-27-12-31(20)22-3-1-2-6-35-22)28-24(34)32-14-4-5-19(32)23-13(7-14)8-21(33)29-30-23/h8-12,14,19,22H,1-7H2,(H,28,34)(H,29,33)/t14-,19+,22?/m0/s1. The van der Waals surface area contributed by atoms with Gasteiger partial charge in [0.1, 0.15) is 12.0 Å². The number of ether oxygens (including phenoxy) is 1. The van der Waals surface area contributed by atoms with Crippen LogP contribution in [0.5, 0.6) is 0 Å². The number of carbonyl (C=O) groups is 1. The first-order chi connectivity index (χ1) is 17.0. The SMILES string of the molecule is O=C(Nc1cc(Cl)c(-c2cncn2C2CCCCO2)cc1F)N1[C@H]2CC[C@@H]1c1n[nH]c(=O)cc1C2. The summed E-state index contributed by atoms with van der Waals surface area (Å²) in [4.78, 5) is 30.8. The zero-order chi connectivity index (χ0) is 24.1. The molecular formula is C24H24ClFN6O3. The number of hydrogen-bond donors (Lipinski definition) is 2. The van der Waals surface area contributed by atoms with E-state index in [0.717, 1.165) is 37.7 Å². The zero-order valence-corrected chi connectivity index (χ0v) is 19.6. The zero-order valence-electron chi connectivity index (χ0n) is 18.8. The maximum atomic E-state index is 15.2. The number of hydrogen-bond acceptors (Lipinski definition) is 5. The molecule has 6 rings (SSSR count). The van der Waals surface area contributed by atoms with Crippen LogP contribution in [0.3, 0.4) is 0 Å². The second-order valence-corrected chi connectivity index (χ2v) is 9.66. The first-order valence-electron chi connectivity index (χ1n) is 11.8. The largest absolute Gasteiger partial charge is 0.358 e. The number of aromatic nitrogens is 4. The van der Waals surface area contributed by atoms with Gasteiger partial charge in [-0.3, -0.25) is 4.79 Å². The molecule has 0 saturated carbocycles. The Morgan fingerprint density at radius 1 is 1.23 bits per heavy atom. The van der Waals surface area contributed by atoms with E-state index in [4.69, 9.17) is 16.3 Å². The lowest BCUT2D eigenvalue weighted by Crippen LogP contribution is -2.45. The smallest absolute Gasteiger partial charge is 0.322 e. The molecule has 1 aromatic carbocycles. The summed E-state index contributed by atoms with van der Waals surface area (Å²) in [5.41, 5.74) is 2.44. The second kappa shape index (κ2) is 8.76. The third-order valence-corrected chi connectivity index (χ3v) is 7.45. The Labute approximate surface area is 205 Å². The fraction of sp³-hybridized carbons (Fsp3) is 0.417. The van der Waals surface area contributed by atoms with Crippen LogP contribution in [0, 0.1) is 5.82 Å². The topological polar surface area (TPSA) is 105 Å². The van der Waals surface area contributed by atoms with Gasteiger partial charge in [0, 0.05) is 24.3 Å². The van der Waals surface area contributed by atoms with Gasteiger partial charge in [-0.2, -0.15) is 5.10 Å². The average molecular weight is 499 g/mol. The minimum atomic E-state index is -0.595. The maximum Gasteiger partial charge on any atom is 0.322 e. The summed E-state index contributed by atoms with van der Waals surface area (Å²) in [6, 6.07) is 3.55. The van der Waals surface area contributed by atoms with Gasteiger partial charge in [0.25, 0.3) is 5.56 Å². The number of carbonyl (C=O) groups excluding carboxylic acids is 1. The van der Waals surface area contributed by atoms with Gasteiger partial charge >= 0.3 is 6.03 Å². The van der Waals surface area contributed by atoms with Crippen LogP contribution in [0.25, 0.3) is 11.3 Å². The molecular weight excluding hydrogens is 475 g/mol. The van der Waals surface area contributed by atoms with Crippen molar-refractivity contribution < 1.29 is 13.9 Å². The van der Waals surface area contributed by atoms with E-state index < -0.39 is 11.8 Å². The summed E-state index contributed by atoms with van der Waals surface area (Å²) >= 11 is 6.57. The highest BCUT2D eigenvalue weighted by Crippen LogP contribution is 2.43. The molecule has 0 spiro atoms. The Bertz CT molecular complexity index is 1350. The molecule has 0 aliphatic carbocycles. The highest BCUT2D eigenvalue weighted by atomic mass is 35.5. The first kappa shape index (κ1) is 22.2. The summed E-state index contributed by atoms with van der Waals surface area (Å²) in [7, 11) is 0. The summed E-state index contributed by atoms with van der Waals surface area (Å²) in [6.07, 6.45) is 8.12. The molecule has 2 fully saturated rings. The Hall–Kier alpha value is -3.24. The van der Waals surface area contributed by atoms with Crippen molar-refractivity contribution in [3.63, 3.8) is 0 Å². The van der Waals surface area contributed by atoms with E-state index in [1.807, 2.05) is 4.57 Å². The third kappa shape index (κ3) is 3.90. The summed E-state index contributed by atoms with van der Waals surface area (Å²) < 4.78 is 22.9. The molecule has 5 heterocycles. The third-order valence-electron chi connectivity index (χ3n) is 7.14. The molecule has 3 atom stereocenters. The van der Waals surface area contributed by atoms with Crippen molar-refractivity contribution in [1.29, 1.82) is 0 Å². The van der Waals surface area contributed by atoms with Crippen molar-refractivity contribution in [2.24, 2.45) is 0 Å². The van der Waals surface area contributed by atoms with Crippen LogP contribution in [0.2, 0.25) is 5.02 Å². The van der Waals surface area contributed by atoms with Gasteiger partial charge in [-0.15, -0.1) is 0 Å². The molecule has 3 aliphatic heterocycles. The fourth-order valence-electron chi connectivity index (χ4n) is 5.52. The molecule has 2 bridgehead atoms. The van der Waals surface area contributed by atoms with E-state index in [9.17, 15) is 9.59 Å². The second-order valence-electron chi connectivity index (χ2n) is 9.25. The molecule has 3 aliphatic rings. The molecule has 2 N–H and O–H groups in total. The van der Waals surface area contributed by atoms with Crippen LogP contribution >= 0.6 is 11.6 Å². The summed E-state index contributed by atoms with van der Waals surface area (Å²) in [6.45, 7) is 0.671. The van der Waals surface area contributed by atoms with Gasteiger partial charge < -0.3 is 19.5 Å². The van der Waals surface area contributed by atoms with E-state index in [-0.39, 0.29) is 29.6 Å². The minimum Gasteiger partial charge on any atom is -0.358 e. The number of halogens is 2. The molecule has 0 radical (unpaired) electrons. The highest BCUT2D eigenvalue weighted by Gasteiger charge is 2.44. The van der Waals surface area contributed by atoms with Gasteiger partial charge in [-0.1, -0.05) is 11.6 Å². The van der Waals surface area contributed by atoms with Gasteiger partial charge in [-0.05, 0) is 56.2 Å². The molecule has 2 saturated heterocycles. The van der Waals surface area contributed by atoms with Crippen LogP contribution < -0.4 is 10.9 Å². The number of benzene rings is 1. The van der Waals surface area contributed by atoms with Crippen molar-refractivity contribution in [1.82, 2.24) is 24.6 Å². The van der Waals surface area contributed by atoms with Crippen LogP contribution in [0.15, 0.2) is 35.5 Å². The van der Waals surface area contributed by atoms with E-state index in [1.54, 1.807) is 23.5 Å². The van der Waals surface area contributed by atoms with E-state index in [1.165, 1.54) is 12.1 Å². The van der Waals surface area contributed by atoms with Crippen LogP contribution in [-0.2, 0) is 11.2 Å². The number of anilines is 1. The summed E-state index contributed by atoms with van der Waals surface area (Å²) in [5.74, 6) is -0.595. The lowest BCUT2D eigenvalue weighted by Gasteiger charge is -2.35. The summed E-state index contributed by atoms with van der Waals surface area (Å²) in [5, 5.41) is 9.63. The molecule has 182 valence electrons. The van der Waals surface area contributed by atoms with Crippen molar-refractivity contribution in [3.05, 3.63) is 63.2 Å². The predicted octanol–water partition coefficient (Wildman–Crippen LogP) is 4.42. The molecule has 1 unspecified atom stereocenters. The fourth-order valence-corrected chi connectivity index (χ4v) is 5.78. The number of nitrogens with zero attached hydrogens (tertiary/aromatic N) is 4. The van der Waals surface area contributed by atoms with Crippen molar-refractivity contribution in [2.45, 2.75) is 56.8 Å². The number of H-pyrrole nitrogens is 1. The van der Waals surface area contributed by atoms with Crippen molar-refractivity contribution in [3.8, 4) is 11.3 Å². The number of fused-ring (bicyclic) bond motifs is 4. The Morgan fingerprint density at radius 3 is 2.94 bits per heavy atom. The van der Waals surface area contributed by atoms with Crippen molar-refractivity contribution in [2.75, 3.05) is 11.9 Å². The van der Waals surface area contributed by atoms with Crippen LogP contribution in [0.1, 0.15) is 55.6 Å². The first-order valence-corrected chi connectivity index (χ1v) is 12.2. The number of urea groups is 1. The van der Waals surface area contributed by atoms with Gasteiger partial charge in [0.15, 0.2) is 0 Å². The Morgan fingerprint density at radius 2 is 2.11 bits per heavy atom. The van der Waals surface area contributed by atoms with Gasteiger partial charge in [0.05, 0.1) is 40.7 Å². The number of aromatic amines is 1. The molecule has 11 heteroatoms. The Balaban J connectivity index is 1.25. The number of nitrogens with one attached hydrogen (secondary N) is 2. The van der Waals surface area contributed by atoms with E-state index in [0.29, 0.717) is 35.0 Å². The predicted molar refractivity (Wildman–Crippen MR) is 127 cm³/mol. The van der Waals surface area contributed by atoms with E-state index >= 15 is 4.39 Å². The lowest BCUT2D eigenvalue weighted by molar-refractivity contribution is -0.0310. The lowest BCUT2D eigenvalue weighted by atomic mass is 9.99. The monoisotopic (exact) mass is 498 g/mol. The van der Waals surface area contributed by atoms with Crippen molar-refractivity contribution >= 4 is 23.3 Å². The quantitative estimate of drug-likeness (QED) is 0.556. The van der Waals surface area contributed by atoms with E-state index in [2.05, 4.69) is 20.5 Å². The molecule has 35 heavy (non-hydrogen) atoms. The average Bonchev–Trinajstić information content (AvgIpc) is 3.46. The normalized spacial score (nSPS) is 23.3. The molecule has 2 amide bonds. The number of imidazole rings is 1. The minimum absolute atomic E-state index is 0.00311. The number of rotatable bonds is 3. The van der Waals surface area contributed by atoms with Crippen LogP contribution in [0.4, 0.5) is 14.9 Å². The van der Waals surface area contributed by atoms with Gasteiger partial charge in [0.2, 0.25) is 0 Å². The van der Waals surface area contributed by atoms with Crippen LogP contribution in [-0.4, -0.2) is 43.3 Å². The number of amides is 2. The molecule has 2 aromatic heterocycles. The molecule has 9 nitrogen and oxygen atoms in total.